The van der Waals surface area contributed by atoms with Crippen molar-refractivity contribution in [3.05, 3.63) is 59.4 Å². The molecular formula is C19H14N4O3. The Labute approximate surface area is 148 Å². The summed E-state index contributed by atoms with van der Waals surface area (Å²) in [5, 5.41) is 12.0. The van der Waals surface area contributed by atoms with E-state index in [0.717, 1.165) is 11.0 Å². The highest BCUT2D eigenvalue weighted by Crippen LogP contribution is 2.33. The van der Waals surface area contributed by atoms with Gasteiger partial charge in [-0.2, -0.15) is 5.26 Å². The summed E-state index contributed by atoms with van der Waals surface area (Å²) in [7, 11) is 0. The van der Waals surface area contributed by atoms with E-state index >= 15 is 0 Å². The van der Waals surface area contributed by atoms with Crippen molar-refractivity contribution in [2.24, 2.45) is 0 Å². The first-order chi connectivity index (χ1) is 12.7. The van der Waals surface area contributed by atoms with Crippen LogP contribution in [0.3, 0.4) is 0 Å². The molecule has 0 spiro atoms. The first kappa shape index (κ1) is 15.7. The van der Waals surface area contributed by atoms with E-state index in [1.807, 2.05) is 30.3 Å². The third-order valence-electron chi connectivity index (χ3n) is 3.93. The van der Waals surface area contributed by atoms with Crippen LogP contribution in [0.25, 0.3) is 17.1 Å². The summed E-state index contributed by atoms with van der Waals surface area (Å²) in [6.07, 6.45) is 1.51. The quantitative estimate of drug-likeness (QED) is 0.558. The first-order valence-electron chi connectivity index (χ1n) is 7.96. The molecular weight excluding hydrogens is 332 g/mol. The zero-order chi connectivity index (χ0) is 17.9. The topological polar surface area (TPSA) is 100 Å². The van der Waals surface area contributed by atoms with Crippen molar-refractivity contribution in [1.29, 1.82) is 5.26 Å². The number of imidazole rings is 1. The highest BCUT2D eigenvalue weighted by atomic mass is 16.7. The van der Waals surface area contributed by atoms with Gasteiger partial charge in [-0.15, -0.1) is 0 Å². The number of nitrogens with zero attached hydrogens (tertiary/aromatic N) is 2. The summed E-state index contributed by atoms with van der Waals surface area (Å²) in [6.45, 7) is 0.374. The number of carbonyl (C=O) groups excluding carboxylic acids is 1. The van der Waals surface area contributed by atoms with Gasteiger partial charge < -0.3 is 19.8 Å². The Bertz CT molecular complexity index is 1030. The number of aromatic nitrogens is 2. The molecule has 0 unspecified atom stereocenters. The van der Waals surface area contributed by atoms with E-state index < -0.39 is 5.91 Å². The number of rotatable bonds is 4. The number of hydrogen-bond donors (Lipinski definition) is 2. The number of fused-ring (bicyclic) bond motifs is 2. The van der Waals surface area contributed by atoms with E-state index in [1.165, 1.54) is 6.08 Å². The van der Waals surface area contributed by atoms with Gasteiger partial charge >= 0.3 is 0 Å². The summed E-state index contributed by atoms with van der Waals surface area (Å²) in [6, 6.07) is 14.8. The minimum atomic E-state index is -0.467. The third kappa shape index (κ3) is 3.08. The normalized spacial score (nSPS) is 12.8. The maximum atomic E-state index is 12.3. The highest BCUT2D eigenvalue weighted by molar-refractivity contribution is 6.01. The Morgan fingerprint density at radius 3 is 2.96 bits per heavy atom. The Kier molecular flexibility index (Phi) is 4.00. The molecule has 3 aromatic rings. The molecule has 0 saturated heterocycles. The second-order valence-corrected chi connectivity index (χ2v) is 5.67. The summed E-state index contributed by atoms with van der Waals surface area (Å²) >= 11 is 0. The van der Waals surface area contributed by atoms with Gasteiger partial charge in [-0.3, -0.25) is 4.79 Å². The zero-order valence-corrected chi connectivity index (χ0v) is 13.7. The maximum absolute atomic E-state index is 12.3. The molecule has 0 radical (unpaired) electrons. The van der Waals surface area contributed by atoms with Gasteiger partial charge in [-0.1, -0.05) is 18.2 Å². The van der Waals surface area contributed by atoms with Gasteiger partial charge in [0.2, 0.25) is 6.79 Å². The second kappa shape index (κ2) is 6.61. The van der Waals surface area contributed by atoms with Crippen molar-refractivity contribution >= 4 is 23.0 Å². The number of aromatic amines is 1. The molecule has 1 aliphatic rings. The molecule has 2 N–H and O–H groups in total. The molecule has 1 amide bonds. The molecule has 128 valence electrons. The molecule has 7 nitrogen and oxygen atoms in total. The third-order valence-corrected chi connectivity index (χ3v) is 3.93. The van der Waals surface area contributed by atoms with Crippen molar-refractivity contribution in [3.8, 4) is 17.6 Å². The summed E-state index contributed by atoms with van der Waals surface area (Å²) in [4.78, 5) is 19.8. The Balaban J connectivity index is 1.47. The van der Waals surface area contributed by atoms with E-state index in [-0.39, 0.29) is 18.9 Å². The van der Waals surface area contributed by atoms with Crippen LogP contribution in [0.5, 0.6) is 11.5 Å². The molecule has 7 heteroatoms. The number of nitriles is 1. The number of nitrogens with one attached hydrogen (secondary N) is 2. The maximum Gasteiger partial charge on any atom is 0.262 e. The number of ether oxygens (including phenoxy) is 2. The summed E-state index contributed by atoms with van der Waals surface area (Å²) < 4.78 is 10.5. The fourth-order valence-corrected chi connectivity index (χ4v) is 2.67. The van der Waals surface area contributed by atoms with E-state index in [1.54, 1.807) is 18.2 Å². The van der Waals surface area contributed by atoms with Crippen LogP contribution in [0, 0.1) is 11.3 Å². The van der Waals surface area contributed by atoms with Crippen LogP contribution in [-0.4, -0.2) is 22.7 Å². The predicted molar refractivity (Wildman–Crippen MR) is 94.1 cm³/mol. The zero-order valence-electron chi connectivity index (χ0n) is 13.7. The monoisotopic (exact) mass is 346 g/mol. The van der Waals surface area contributed by atoms with Crippen LogP contribution in [0.1, 0.15) is 11.4 Å². The molecule has 2 aromatic carbocycles. The predicted octanol–water partition coefficient (Wildman–Crippen LogP) is 2.51. The Hall–Kier alpha value is -3.79. The minimum Gasteiger partial charge on any atom is -0.454 e. The van der Waals surface area contributed by atoms with Gasteiger partial charge in [0.15, 0.2) is 11.5 Å². The van der Waals surface area contributed by atoms with E-state index in [4.69, 9.17) is 9.47 Å². The molecule has 26 heavy (non-hydrogen) atoms. The number of hydrogen-bond acceptors (Lipinski definition) is 5. The Morgan fingerprint density at radius 1 is 1.27 bits per heavy atom. The standard InChI is InChI=1S/C19H14N4O3/c20-9-13(7-12-5-6-16-17(8-12)26-11-25-16)19(24)21-10-18-22-14-3-1-2-4-15(14)23-18/h1-8H,10-11H2,(H,21,24)(H,22,23)/b13-7-. The molecule has 1 aliphatic heterocycles. The lowest BCUT2D eigenvalue weighted by Gasteiger charge is -2.03. The number of H-pyrrole nitrogens is 1. The average Bonchev–Trinajstić information content (AvgIpc) is 3.29. The largest absolute Gasteiger partial charge is 0.454 e. The van der Waals surface area contributed by atoms with Crippen molar-refractivity contribution in [2.75, 3.05) is 6.79 Å². The van der Waals surface area contributed by atoms with Crippen LogP contribution in [0.15, 0.2) is 48.0 Å². The van der Waals surface area contributed by atoms with Crippen molar-refractivity contribution in [2.45, 2.75) is 6.54 Å². The lowest BCUT2D eigenvalue weighted by Crippen LogP contribution is -2.24. The second-order valence-electron chi connectivity index (χ2n) is 5.67. The van der Waals surface area contributed by atoms with E-state index in [2.05, 4.69) is 15.3 Å². The van der Waals surface area contributed by atoms with Crippen LogP contribution >= 0.6 is 0 Å². The number of amides is 1. The fraction of sp³-hybridized carbons (Fsp3) is 0.105. The van der Waals surface area contributed by atoms with Crippen LogP contribution in [0.4, 0.5) is 0 Å². The molecule has 0 atom stereocenters. The SMILES string of the molecule is N#C/C(=C/c1ccc2c(c1)OCO2)C(=O)NCc1nc2ccccc2[nH]1. The fourth-order valence-electron chi connectivity index (χ4n) is 2.67. The van der Waals surface area contributed by atoms with Gasteiger partial charge in [0.05, 0.1) is 17.6 Å². The first-order valence-corrected chi connectivity index (χ1v) is 7.96. The highest BCUT2D eigenvalue weighted by Gasteiger charge is 2.14. The molecule has 0 saturated carbocycles. The lowest BCUT2D eigenvalue weighted by atomic mass is 10.1. The molecule has 4 rings (SSSR count). The van der Waals surface area contributed by atoms with Crippen molar-refractivity contribution in [3.63, 3.8) is 0 Å². The van der Waals surface area contributed by atoms with Crippen molar-refractivity contribution < 1.29 is 14.3 Å². The molecule has 0 aliphatic carbocycles. The van der Waals surface area contributed by atoms with Crippen LogP contribution in [-0.2, 0) is 11.3 Å². The van der Waals surface area contributed by atoms with Gasteiger partial charge in [0.1, 0.15) is 17.5 Å². The van der Waals surface area contributed by atoms with Crippen molar-refractivity contribution in [1.82, 2.24) is 15.3 Å². The lowest BCUT2D eigenvalue weighted by molar-refractivity contribution is -0.117. The summed E-state index contributed by atoms with van der Waals surface area (Å²) in [5.41, 5.74) is 2.41. The molecule has 1 aromatic heterocycles. The smallest absolute Gasteiger partial charge is 0.262 e. The van der Waals surface area contributed by atoms with E-state index in [9.17, 15) is 10.1 Å². The number of benzene rings is 2. The van der Waals surface area contributed by atoms with Crippen LogP contribution < -0.4 is 14.8 Å². The van der Waals surface area contributed by atoms with Gasteiger partial charge in [0, 0.05) is 0 Å². The molecule has 2 heterocycles. The van der Waals surface area contributed by atoms with Gasteiger partial charge in [-0.05, 0) is 35.9 Å². The average molecular weight is 346 g/mol. The van der Waals surface area contributed by atoms with Gasteiger partial charge in [0.25, 0.3) is 5.91 Å². The van der Waals surface area contributed by atoms with Gasteiger partial charge in [-0.25, -0.2) is 4.98 Å². The number of carbonyl (C=O) groups is 1. The van der Waals surface area contributed by atoms with Crippen LogP contribution in [0.2, 0.25) is 0 Å². The van der Waals surface area contributed by atoms with E-state index in [0.29, 0.717) is 22.9 Å². The minimum absolute atomic E-state index is 0.0000218. The molecule has 0 bridgehead atoms. The Morgan fingerprint density at radius 2 is 2.12 bits per heavy atom. The summed E-state index contributed by atoms with van der Waals surface area (Å²) in [5.74, 6) is 1.40. The molecule has 0 fully saturated rings. The number of para-hydroxylation sites is 2.